The fourth-order valence-corrected chi connectivity index (χ4v) is 2.02. The number of rotatable bonds is 7. The molecule has 0 atom stereocenters. The molecule has 21 heavy (non-hydrogen) atoms. The first-order valence-corrected chi connectivity index (χ1v) is 7.09. The monoisotopic (exact) mass is 298 g/mol. The van der Waals surface area contributed by atoms with Gasteiger partial charge in [-0.1, -0.05) is 6.58 Å². The molecule has 0 saturated heterocycles. The fourth-order valence-electron chi connectivity index (χ4n) is 2.02. The van der Waals surface area contributed by atoms with Crippen molar-refractivity contribution >= 4 is 11.9 Å². The highest BCUT2D eigenvalue weighted by atomic mass is 16.6. The molecule has 1 amide bonds. The first kappa shape index (κ1) is 19.6. The smallest absolute Gasteiger partial charge is 0.331 e. The largest absolute Gasteiger partial charge is 0.458 e. The summed E-state index contributed by atoms with van der Waals surface area (Å²) in [7, 11) is 3.98. The van der Waals surface area contributed by atoms with Crippen LogP contribution in [0.15, 0.2) is 12.7 Å². The van der Waals surface area contributed by atoms with Crippen LogP contribution in [-0.4, -0.2) is 47.6 Å². The zero-order chi connectivity index (χ0) is 17.1. The maximum atomic E-state index is 12.3. The van der Waals surface area contributed by atoms with E-state index in [2.05, 4.69) is 30.6 Å². The van der Waals surface area contributed by atoms with Crippen molar-refractivity contribution in [2.24, 2.45) is 0 Å². The van der Waals surface area contributed by atoms with E-state index in [0.29, 0.717) is 6.42 Å². The third-order valence-electron chi connectivity index (χ3n) is 3.57. The Morgan fingerprint density at radius 2 is 1.62 bits per heavy atom. The van der Waals surface area contributed by atoms with Crippen molar-refractivity contribution in [2.45, 2.75) is 64.6 Å². The Kier molecular flexibility index (Phi) is 6.17. The number of esters is 1. The van der Waals surface area contributed by atoms with Crippen LogP contribution in [0, 0.1) is 0 Å². The summed E-state index contributed by atoms with van der Waals surface area (Å²) < 4.78 is 5.62. The third-order valence-corrected chi connectivity index (χ3v) is 3.57. The molecule has 0 aromatic heterocycles. The number of carbonyl (C=O) groups excluding carboxylic acids is 2. The summed E-state index contributed by atoms with van der Waals surface area (Å²) in [4.78, 5) is 25.8. The van der Waals surface area contributed by atoms with Crippen molar-refractivity contribution in [1.82, 2.24) is 10.2 Å². The van der Waals surface area contributed by atoms with Crippen LogP contribution in [0.4, 0.5) is 0 Å². The lowest BCUT2D eigenvalue weighted by Crippen LogP contribution is -2.53. The summed E-state index contributed by atoms with van der Waals surface area (Å²) in [6.07, 6.45) is 1.81. The van der Waals surface area contributed by atoms with Gasteiger partial charge in [0, 0.05) is 12.0 Å². The molecule has 0 rings (SSSR count). The van der Waals surface area contributed by atoms with E-state index < -0.39 is 23.0 Å². The van der Waals surface area contributed by atoms with E-state index in [0.717, 1.165) is 6.08 Å². The van der Waals surface area contributed by atoms with Crippen LogP contribution in [-0.2, 0) is 14.3 Å². The SMILES string of the molecule is C=CC(=O)NC(C)(C)C(=O)OC(C)(C)CC(C)(C)N(C)C. The van der Waals surface area contributed by atoms with E-state index in [4.69, 9.17) is 4.74 Å². The average Bonchev–Trinajstić information content (AvgIpc) is 2.25. The standard InChI is InChI=1S/C16H30N2O3/c1-10-12(19)17-16(6,7)13(20)21-15(4,5)11-14(2,3)18(8)9/h10H,1,11H2,2-9H3,(H,17,19). The van der Waals surface area contributed by atoms with E-state index >= 15 is 0 Å². The number of amides is 1. The molecule has 0 aromatic carbocycles. The van der Waals surface area contributed by atoms with Crippen molar-refractivity contribution in [3.8, 4) is 0 Å². The van der Waals surface area contributed by atoms with Crippen LogP contribution in [0.2, 0.25) is 0 Å². The molecule has 0 radical (unpaired) electrons. The lowest BCUT2D eigenvalue weighted by molar-refractivity contribution is -0.167. The minimum atomic E-state index is -1.09. The summed E-state index contributed by atoms with van der Waals surface area (Å²) in [5.74, 6) is -0.861. The Bertz CT molecular complexity index is 410. The van der Waals surface area contributed by atoms with Crippen molar-refractivity contribution in [3.63, 3.8) is 0 Å². The lowest BCUT2D eigenvalue weighted by atomic mass is 9.88. The number of ether oxygens (including phenoxy) is 1. The second kappa shape index (κ2) is 6.60. The van der Waals surface area contributed by atoms with Gasteiger partial charge in [-0.05, 0) is 61.7 Å². The van der Waals surface area contributed by atoms with Crippen molar-refractivity contribution in [2.75, 3.05) is 14.1 Å². The predicted molar refractivity (Wildman–Crippen MR) is 85.0 cm³/mol. The van der Waals surface area contributed by atoms with Gasteiger partial charge in [0.15, 0.2) is 0 Å². The molecule has 0 bridgehead atoms. The van der Waals surface area contributed by atoms with E-state index in [1.165, 1.54) is 0 Å². The van der Waals surface area contributed by atoms with Crippen LogP contribution in [0.3, 0.4) is 0 Å². The molecule has 0 fully saturated rings. The molecule has 0 aliphatic carbocycles. The van der Waals surface area contributed by atoms with Crippen molar-refractivity contribution in [1.29, 1.82) is 0 Å². The maximum absolute atomic E-state index is 12.3. The van der Waals surface area contributed by atoms with Crippen LogP contribution in [0.5, 0.6) is 0 Å². The molecule has 0 heterocycles. The Balaban J connectivity index is 4.89. The van der Waals surface area contributed by atoms with Crippen molar-refractivity contribution in [3.05, 3.63) is 12.7 Å². The van der Waals surface area contributed by atoms with E-state index in [1.807, 2.05) is 27.9 Å². The highest BCUT2D eigenvalue weighted by molar-refractivity contribution is 5.92. The average molecular weight is 298 g/mol. The molecule has 122 valence electrons. The molecular formula is C16H30N2O3. The van der Waals surface area contributed by atoms with E-state index in [1.54, 1.807) is 13.8 Å². The zero-order valence-corrected chi connectivity index (χ0v) is 14.7. The third kappa shape index (κ3) is 6.29. The number of hydrogen-bond donors (Lipinski definition) is 1. The minimum absolute atomic E-state index is 0.113. The summed E-state index contributed by atoms with van der Waals surface area (Å²) in [6.45, 7) is 14.5. The highest BCUT2D eigenvalue weighted by Gasteiger charge is 2.38. The van der Waals surface area contributed by atoms with Crippen molar-refractivity contribution < 1.29 is 14.3 Å². The van der Waals surface area contributed by atoms with E-state index in [9.17, 15) is 9.59 Å². The van der Waals surface area contributed by atoms with Gasteiger partial charge in [0.25, 0.3) is 0 Å². The Labute approximate surface area is 128 Å². The Hall–Kier alpha value is -1.36. The van der Waals surface area contributed by atoms with Gasteiger partial charge in [0.2, 0.25) is 5.91 Å². The van der Waals surface area contributed by atoms with Crippen LogP contribution in [0.1, 0.15) is 48.0 Å². The Morgan fingerprint density at radius 3 is 2.00 bits per heavy atom. The van der Waals surface area contributed by atoms with Gasteiger partial charge < -0.3 is 15.0 Å². The van der Waals surface area contributed by atoms with Crippen LogP contribution in [0.25, 0.3) is 0 Å². The molecule has 1 N–H and O–H groups in total. The van der Waals surface area contributed by atoms with Crippen LogP contribution >= 0.6 is 0 Å². The molecule has 0 aromatic rings. The lowest BCUT2D eigenvalue weighted by Gasteiger charge is -2.40. The summed E-state index contributed by atoms with van der Waals surface area (Å²) >= 11 is 0. The topological polar surface area (TPSA) is 58.6 Å². The molecule has 0 saturated carbocycles. The summed E-state index contributed by atoms with van der Waals surface area (Å²) in [6, 6.07) is 0. The molecule has 0 spiro atoms. The number of nitrogens with one attached hydrogen (secondary N) is 1. The van der Waals surface area contributed by atoms with Gasteiger partial charge >= 0.3 is 5.97 Å². The van der Waals surface area contributed by atoms with Gasteiger partial charge in [-0.15, -0.1) is 0 Å². The van der Waals surface area contributed by atoms with Gasteiger partial charge in [0.05, 0.1) is 0 Å². The normalized spacial score (nSPS) is 13.0. The zero-order valence-electron chi connectivity index (χ0n) is 14.7. The first-order chi connectivity index (χ1) is 9.23. The van der Waals surface area contributed by atoms with Gasteiger partial charge in [-0.3, -0.25) is 4.79 Å². The summed E-state index contributed by atoms with van der Waals surface area (Å²) in [5, 5.41) is 2.57. The molecule has 5 nitrogen and oxygen atoms in total. The van der Waals surface area contributed by atoms with Crippen LogP contribution < -0.4 is 5.32 Å². The van der Waals surface area contributed by atoms with Gasteiger partial charge in [-0.25, -0.2) is 4.79 Å². The molecule has 0 aliphatic heterocycles. The first-order valence-electron chi connectivity index (χ1n) is 7.09. The van der Waals surface area contributed by atoms with Gasteiger partial charge in [-0.2, -0.15) is 0 Å². The quantitative estimate of drug-likeness (QED) is 0.578. The predicted octanol–water partition coefficient (Wildman–Crippen LogP) is 2.12. The Morgan fingerprint density at radius 1 is 1.14 bits per heavy atom. The van der Waals surface area contributed by atoms with Gasteiger partial charge in [0.1, 0.15) is 11.1 Å². The molecule has 0 aliphatic rings. The van der Waals surface area contributed by atoms with E-state index in [-0.39, 0.29) is 5.54 Å². The fraction of sp³-hybridized carbons (Fsp3) is 0.750. The number of hydrogen-bond acceptors (Lipinski definition) is 4. The molecular weight excluding hydrogens is 268 g/mol. The number of nitrogens with zero attached hydrogens (tertiary/aromatic N) is 1. The minimum Gasteiger partial charge on any atom is -0.458 e. The second-order valence-corrected chi connectivity index (χ2v) is 7.35. The molecule has 0 unspecified atom stereocenters. The number of carbonyl (C=O) groups is 2. The second-order valence-electron chi connectivity index (χ2n) is 7.35. The summed E-state index contributed by atoms with van der Waals surface area (Å²) in [5.41, 5.74) is -1.84. The maximum Gasteiger partial charge on any atom is 0.331 e. The molecule has 5 heteroatoms. The highest BCUT2D eigenvalue weighted by Crippen LogP contribution is 2.28.